The molecule has 21 heavy (non-hydrogen) atoms. The number of nitrogens with zero attached hydrogens (tertiary/aromatic N) is 1. The summed E-state index contributed by atoms with van der Waals surface area (Å²) < 4.78 is 40.6. The van der Waals surface area contributed by atoms with Gasteiger partial charge < -0.3 is 0 Å². The average molecular weight is 417 g/mol. The molecule has 0 aliphatic heterocycles. The van der Waals surface area contributed by atoms with Crippen LogP contribution in [0.4, 0.5) is 10.1 Å². The third kappa shape index (κ3) is 3.62. The maximum atomic E-state index is 13.0. The van der Waals surface area contributed by atoms with Gasteiger partial charge in [-0.25, -0.2) is 12.8 Å². The Kier molecular flexibility index (Phi) is 5.00. The Morgan fingerprint density at radius 3 is 2.19 bits per heavy atom. The van der Waals surface area contributed by atoms with Gasteiger partial charge >= 0.3 is 0 Å². The van der Waals surface area contributed by atoms with Gasteiger partial charge in [-0.05, 0) is 71.1 Å². The van der Waals surface area contributed by atoms with E-state index in [0.29, 0.717) is 5.69 Å². The smallest absolute Gasteiger partial charge is 0.263 e. The molecule has 0 unspecified atom stereocenters. The van der Waals surface area contributed by atoms with E-state index in [1.54, 1.807) is 12.1 Å². The number of halogens is 2. The molecule has 0 atom stereocenters. The first kappa shape index (κ1) is 16.0. The summed E-state index contributed by atoms with van der Waals surface area (Å²) >= 11 is 2.15. The van der Waals surface area contributed by atoms with Crippen molar-refractivity contribution < 1.29 is 12.8 Å². The van der Waals surface area contributed by atoms with Gasteiger partial charge in [0.2, 0.25) is 0 Å². The van der Waals surface area contributed by atoms with Crippen molar-refractivity contribution in [2.24, 2.45) is 0 Å². The van der Waals surface area contributed by atoms with Crippen molar-refractivity contribution in [3.05, 3.63) is 70.6 Å². The van der Waals surface area contributed by atoms with E-state index < -0.39 is 15.8 Å². The number of anilines is 1. The Bertz CT molecular complexity index is 727. The van der Waals surface area contributed by atoms with Crippen molar-refractivity contribution in [1.29, 1.82) is 0 Å². The third-order valence-corrected chi connectivity index (χ3v) is 5.34. The van der Waals surface area contributed by atoms with Crippen molar-refractivity contribution >= 4 is 38.3 Å². The van der Waals surface area contributed by atoms with E-state index in [4.69, 9.17) is 0 Å². The molecular weight excluding hydrogens is 404 g/mol. The fourth-order valence-corrected chi connectivity index (χ4v) is 3.60. The highest BCUT2D eigenvalue weighted by Gasteiger charge is 2.23. The van der Waals surface area contributed by atoms with Crippen molar-refractivity contribution in [2.75, 3.05) is 10.8 Å². The van der Waals surface area contributed by atoms with Gasteiger partial charge in [0.25, 0.3) is 10.0 Å². The largest absolute Gasteiger partial charge is 0.264 e. The van der Waals surface area contributed by atoms with E-state index >= 15 is 0 Å². The molecule has 0 radical (unpaired) electrons. The Labute approximate surface area is 137 Å². The Hall–Kier alpha value is -1.41. The lowest BCUT2D eigenvalue weighted by molar-refractivity contribution is 0.591. The molecule has 2 rings (SSSR count). The maximum absolute atomic E-state index is 13.0. The second-order valence-corrected chi connectivity index (χ2v) is 7.36. The monoisotopic (exact) mass is 417 g/mol. The fraction of sp³-hybridized carbons (Fsp3) is 0.0667. The quantitative estimate of drug-likeness (QED) is 0.548. The summed E-state index contributed by atoms with van der Waals surface area (Å²) in [4.78, 5) is 0.0456. The number of benzene rings is 2. The van der Waals surface area contributed by atoms with Crippen LogP contribution in [0.25, 0.3) is 0 Å². The molecule has 2 aromatic rings. The molecule has 6 heteroatoms. The van der Waals surface area contributed by atoms with Crippen LogP contribution in [0, 0.1) is 9.39 Å². The summed E-state index contributed by atoms with van der Waals surface area (Å²) in [6.07, 6.45) is 1.51. The van der Waals surface area contributed by atoms with Gasteiger partial charge in [0.15, 0.2) is 0 Å². The van der Waals surface area contributed by atoms with Crippen molar-refractivity contribution in [1.82, 2.24) is 0 Å². The minimum absolute atomic E-state index is 0.0456. The van der Waals surface area contributed by atoms with Crippen LogP contribution in [0.5, 0.6) is 0 Å². The summed E-state index contributed by atoms with van der Waals surface area (Å²) in [6.45, 7) is 3.74. The molecule has 0 heterocycles. The second-order valence-electron chi connectivity index (χ2n) is 4.26. The summed E-state index contributed by atoms with van der Waals surface area (Å²) in [5.41, 5.74) is 0.541. The predicted octanol–water partition coefficient (Wildman–Crippen LogP) is 3.81. The molecule has 0 aliphatic carbocycles. The first-order valence-corrected chi connectivity index (χ1v) is 8.62. The lowest BCUT2D eigenvalue weighted by atomic mass is 10.3. The summed E-state index contributed by atoms with van der Waals surface area (Å²) in [5, 5.41) is 0. The van der Waals surface area contributed by atoms with E-state index in [2.05, 4.69) is 29.2 Å². The molecule has 110 valence electrons. The van der Waals surface area contributed by atoms with Gasteiger partial charge in [0.05, 0.1) is 17.1 Å². The minimum Gasteiger partial charge on any atom is -0.263 e. The molecule has 0 N–H and O–H groups in total. The van der Waals surface area contributed by atoms with Crippen LogP contribution in [0.15, 0.2) is 66.1 Å². The maximum Gasteiger partial charge on any atom is 0.264 e. The third-order valence-electron chi connectivity index (χ3n) is 2.81. The van der Waals surface area contributed by atoms with Gasteiger partial charge in [0.1, 0.15) is 5.82 Å². The van der Waals surface area contributed by atoms with E-state index in [1.165, 1.54) is 22.5 Å². The molecule has 0 aromatic heterocycles. The summed E-state index contributed by atoms with van der Waals surface area (Å²) in [5.74, 6) is -0.474. The molecule has 3 nitrogen and oxygen atoms in total. The van der Waals surface area contributed by atoms with Crippen molar-refractivity contribution in [3.8, 4) is 0 Å². The normalized spacial score (nSPS) is 11.1. The van der Waals surface area contributed by atoms with Crippen LogP contribution in [-0.2, 0) is 10.0 Å². The van der Waals surface area contributed by atoms with Crippen LogP contribution >= 0.6 is 22.6 Å². The van der Waals surface area contributed by atoms with Crippen LogP contribution < -0.4 is 4.31 Å². The lowest BCUT2D eigenvalue weighted by Crippen LogP contribution is -2.31. The minimum atomic E-state index is -3.75. The molecule has 2 aromatic carbocycles. The van der Waals surface area contributed by atoms with E-state index in [1.807, 2.05) is 12.1 Å². The van der Waals surface area contributed by atoms with Crippen molar-refractivity contribution in [2.45, 2.75) is 4.90 Å². The van der Waals surface area contributed by atoms with Crippen LogP contribution in [0.1, 0.15) is 0 Å². The highest BCUT2D eigenvalue weighted by molar-refractivity contribution is 14.1. The molecule has 0 aliphatic rings. The highest BCUT2D eigenvalue weighted by atomic mass is 127. The number of rotatable bonds is 5. The van der Waals surface area contributed by atoms with Gasteiger partial charge in [-0.2, -0.15) is 0 Å². The molecule has 0 saturated heterocycles. The number of hydrogen-bond acceptors (Lipinski definition) is 2. The number of hydrogen-bond donors (Lipinski definition) is 0. The lowest BCUT2D eigenvalue weighted by Gasteiger charge is -2.23. The van der Waals surface area contributed by atoms with E-state index in [9.17, 15) is 12.8 Å². The van der Waals surface area contributed by atoms with E-state index in [-0.39, 0.29) is 11.4 Å². The first-order chi connectivity index (χ1) is 9.95. The fourth-order valence-electron chi connectivity index (χ4n) is 1.80. The predicted molar refractivity (Wildman–Crippen MR) is 90.3 cm³/mol. The molecular formula is C15H13FINO2S. The molecule has 0 amide bonds. The van der Waals surface area contributed by atoms with Gasteiger partial charge in [0, 0.05) is 3.57 Å². The topological polar surface area (TPSA) is 37.4 Å². The second kappa shape index (κ2) is 6.57. The zero-order valence-corrected chi connectivity index (χ0v) is 14.0. The van der Waals surface area contributed by atoms with Crippen LogP contribution in [0.2, 0.25) is 0 Å². The Morgan fingerprint density at radius 1 is 1.10 bits per heavy atom. The van der Waals surface area contributed by atoms with Gasteiger partial charge in [-0.1, -0.05) is 6.08 Å². The van der Waals surface area contributed by atoms with Crippen molar-refractivity contribution in [3.63, 3.8) is 0 Å². The molecule has 0 spiro atoms. The zero-order valence-electron chi connectivity index (χ0n) is 11.0. The van der Waals surface area contributed by atoms with Gasteiger partial charge in [-0.3, -0.25) is 4.31 Å². The van der Waals surface area contributed by atoms with E-state index in [0.717, 1.165) is 15.7 Å². The summed E-state index contributed by atoms with van der Waals surface area (Å²) in [6, 6.07) is 11.9. The summed E-state index contributed by atoms with van der Waals surface area (Å²) in [7, 11) is -3.75. The van der Waals surface area contributed by atoms with Crippen LogP contribution in [0.3, 0.4) is 0 Å². The Balaban J connectivity index is 2.47. The Morgan fingerprint density at radius 2 is 1.67 bits per heavy atom. The van der Waals surface area contributed by atoms with Gasteiger partial charge in [-0.15, -0.1) is 6.58 Å². The SMILES string of the molecule is C=CCN(c1ccc(I)cc1)S(=O)(=O)c1ccc(F)cc1. The van der Waals surface area contributed by atoms with Crippen LogP contribution in [-0.4, -0.2) is 15.0 Å². The molecule has 0 saturated carbocycles. The number of sulfonamides is 1. The highest BCUT2D eigenvalue weighted by Crippen LogP contribution is 2.24. The molecule has 0 bridgehead atoms. The zero-order chi connectivity index (χ0) is 15.5. The first-order valence-electron chi connectivity index (χ1n) is 6.10. The average Bonchev–Trinajstić information content (AvgIpc) is 2.46. The molecule has 0 fully saturated rings. The standard InChI is InChI=1S/C15H13FINO2S/c1-2-11-18(14-7-5-13(17)6-8-14)21(19,20)15-9-3-12(16)4-10-15/h2-10H,1,11H2.